The minimum atomic E-state index is -0.139. The molecule has 0 fully saturated rings. The van der Waals surface area contributed by atoms with E-state index in [-0.39, 0.29) is 11.7 Å². The van der Waals surface area contributed by atoms with Crippen LogP contribution in [0, 0.1) is 0 Å². The first-order valence-corrected chi connectivity index (χ1v) is 7.28. The molecule has 0 aliphatic heterocycles. The molecule has 0 aliphatic rings. The molecule has 0 saturated carbocycles. The highest BCUT2D eigenvalue weighted by Gasteiger charge is 2.06. The fraction of sp³-hybridized carbons (Fsp3) is 0.0667. The van der Waals surface area contributed by atoms with Crippen LogP contribution in [0.15, 0.2) is 53.4 Å². The third-order valence-corrected chi connectivity index (χ3v) is 3.84. The zero-order valence-electron chi connectivity index (χ0n) is 10.5. The number of carbonyl (C=O) groups excluding carboxylic acids is 2. The zero-order chi connectivity index (χ0) is 14.4. The Morgan fingerprint density at radius 2 is 2.00 bits per heavy atom. The first kappa shape index (κ1) is 14.6. The number of rotatable bonds is 5. The van der Waals surface area contributed by atoms with Crippen LogP contribution in [-0.2, 0) is 4.79 Å². The van der Waals surface area contributed by atoms with E-state index < -0.39 is 0 Å². The number of hydrogen-bond donors (Lipinski definition) is 1. The lowest BCUT2D eigenvalue weighted by molar-refractivity contribution is -0.113. The molecule has 0 atom stereocenters. The Balaban J connectivity index is 1.92. The molecule has 0 spiro atoms. The highest BCUT2D eigenvalue weighted by atomic mass is 35.5. The molecule has 0 aliphatic carbocycles. The van der Waals surface area contributed by atoms with Crippen molar-refractivity contribution in [3.05, 3.63) is 59.1 Å². The standard InChI is InChI=1S/C15H12ClNO2S/c16-13-6-1-2-7-14(13)17-15(19)10-20-12-5-3-4-11(8-12)9-18/h1-9H,10H2,(H,17,19). The molecule has 0 bridgehead atoms. The fourth-order valence-electron chi connectivity index (χ4n) is 1.58. The number of halogens is 1. The molecule has 1 N–H and O–H groups in total. The van der Waals surface area contributed by atoms with Crippen molar-refractivity contribution < 1.29 is 9.59 Å². The van der Waals surface area contributed by atoms with Crippen LogP contribution in [-0.4, -0.2) is 17.9 Å². The van der Waals surface area contributed by atoms with E-state index in [0.717, 1.165) is 11.2 Å². The van der Waals surface area contributed by atoms with E-state index in [9.17, 15) is 9.59 Å². The van der Waals surface area contributed by atoms with Gasteiger partial charge in [0.25, 0.3) is 0 Å². The molecule has 0 heterocycles. The van der Waals surface area contributed by atoms with Gasteiger partial charge in [-0.3, -0.25) is 9.59 Å². The molecule has 20 heavy (non-hydrogen) atoms. The van der Waals surface area contributed by atoms with Crippen LogP contribution in [0.2, 0.25) is 5.02 Å². The highest BCUT2D eigenvalue weighted by molar-refractivity contribution is 8.00. The maximum atomic E-state index is 11.8. The number of anilines is 1. The Hall–Kier alpha value is -1.78. The average Bonchev–Trinajstić information content (AvgIpc) is 2.48. The number of carbonyl (C=O) groups is 2. The van der Waals surface area contributed by atoms with Crippen LogP contribution >= 0.6 is 23.4 Å². The van der Waals surface area contributed by atoms with Crippen molar-refractivity contribution in [3.63, 3.8) is 0 Å². The molecule has 1 amide bonds. The monoisotopic (exact) mass is 305 g/mol. The zero-order valence-corrected chi connectivity index (χ0v) is 12.1. The fourth-order valence-corrected chi connectivity index (χ4v) is 2.52. The number of nitrogens with one attached hydrogen (secondary N) is 1. The van der Waals surface area contributed by atoms with Crippen LogP contribution in [0.5, 0.6) is 0 Å². The van der Waals surface area contributed by atoms with E-state index in [0.29, 0.717) is 16.3 Å². The Morgan fingerprint density at radius 1 is 1.20 bits per heavy atom. The van der Waals surface area contributed by atoms with Crippen molar-refractivity contribution in [2.75, 3.05) is 11.1 Å². The average molecular weight is 306 g/mol. The molecule has 102 valence electrons. The summed E-state index contributed by atoms with van der Waals surface area (Å²) in [5.41, 5.74) is 1.20. The Labute approximate surface area is 126 Å². The molecule has 0 radical (unpaired) electrons. The lowest BCUT2D eigenvalue weighted by Crippen LogP contribution is -2.14. The Bertz CT molecular complexity index is 631. The minimum Gasteiger partial charge on any atom is -0.324 e. The van der Waals surface area contributed by atoms with Crippen molar-refractivity contribution in [1.29, 1.82) is 0 Å². The van der Waals surface area contributed by atoms with E-state index in [1.807, 2.05) is 12.1 Å². The molecule has 0 unspecified atom stereocenters. The summed E-state index contributed by atoms with van der Waals surface area (Å²) in [5.74, 6) is 0.118. The molecule has 2 aromatic carbocycles. The van der Waals surface area contributed by atoms with E-state index in [1.165, 1.54) is 11.8 Å². The van der Waals surface area contributed by atoms with Crippen molar-refractivity contribution in [3.8, 4) is 0 Å². The topological polar surface area (TPSA) is 46.2 Å². The van der Waals surface area contributed by atoms with E-state index in [1.54, 1.807) is 36.4 Å². The number of para-hydroxylation sites is 1. The second-order valence-corrected chi connectivity index (χ2v) is 5.46. The predicted molar refractivity (Wildman–Crippen MR) is 82.6 cm³/mol. The van der Waals surface area contributed by atoms with Gasteiger partial charge in [0.05, 0.1) is 16.5 Å². The van der Waals surface area contributed by atoms with E-state index >= 15 is 0 Å². The molecule has 2 aromatic rings. The maximum absolute atomic E-state index is 11.8. The third kappa shape index (κ3) is 4.11. The Kier molecular flexibility index (Phi) is 5.21. The number of aldehydes is 1. The summed E-state index contributed by atoms with van der Waals surface area (Å²) in [5, 5.41) is 3.26. The van der Waals surface area contributed by atoms with Crippen molar-refractivity contribution in [1.82, 2.24) is 0 Å². The van der Waals surface area contributed by atoms with Crippen molar-refractivity contribution in [2.24, 2.45) is 0 Å². The summed E-state index contributed by atoms with van der Waals surface area (Å²) in [6.07, 6.45) is 0.786. The van der Waals surface area contributed by atoms with Gasteiger partial charge in [-0.15, -0.1) is 11.8 Å². The summed E-state index contributed by atoms with van der Waals surface area (Å²) in [6, 6.07) is 14.2. The maximum Gasteiger partial charge on any atom is 0.234 e. The van der Waals surface area contributed by atoms with Gasteiger partial charge in [-0.05, 0) is 24.3 Å². The molecule has 2 rings (SSSR count). The van der Waals surface area contributed by atoms with Gasteiger partial charge >= 0.3 is 0 Å². The first-order chi connectivity index (χ1) is 9.69. The number of thioether (sulfide) groups is 1. The first-order valence-electron chi connectivity index (χ1n) is 5.91. The molecule has 0 aromatic heterocycles. The lowest BCUT2D eigenvalue weighted by atomic mass is 10.2. The van der Waals surface area contributed by atoms with Crippen molar-refractivity contribution >= 4 is 41.2 Å². The molecule has 3 nitrogen and oxygen atoms in total. The van der Waals surface area contributed by atoms with Crippen LogP contribution in [0.1, 0.15) is 10.4 Å². The van der Waals surface area contributed by atoms with E-state index in [2.05, 4.69) is 5.32 Å². The smallest absolute Gasteiger partial charge is 0.234 e. The lowest BCUT2D eigenvalue weighted by Gasteiger charge is -2.07. The largest absolute Gasteiger partial charge is 0.324 e. The normalized spacial score (nSPS) is 10.1. The van der Waals surface area contributed by atoms with Crippen LogP contribution in [0.4, 0.5) is 5.69 Å². The summed E-state index contributed by atoms with van der Waals surface area (Å²) in [6.45, 7) is 0. The van der Waals surface area contributed by atoms with Gasteiger partial charge in [-0.25, -0.2) is 0 Å². The van der Waals surface area contributed by atoms with Crippen molar-refractivity contribution in [2.45, 2.75) is 4.90 Å². The van der Waals surface area contributed by atoms with Gasteiger partial charge in [-0.2, -0.15) is 0 Å². The summed E-state index contributed by atoms with van der Waals surface area (Å²) in [7, 11) is 0. The summed E-state index contributed by atoms with van der Waals surface area (Å²) in [4.78, 5) is 23.4. The van der Waals surface area contributed by atoms with Gasteiger partial charge in [0.2, 0.25) is 5.91 Å². The molecule has 5 heteroatoms. The second kappa shape index (κ2) is 7.12. The quantitative estimate of drug-likeness (QED) is 0.673. The SMILES string of the molecule is O=Cc1cccc(SCC(=O)Nc2ccccc2Cl)c1. The van der Waals surface area contributed by atoms with Gasteiger partial charge < -0.3 is 5.32 Å². The Morgan fingerprint density at radius 3 is 2.75 bits per heavy atom. The highest BCUT2D eigenvalue weighted by Crippen LogP contribution is 2.22. The molecular weight excluding hydrogens is 294 g/mol. The summed E-state index contributed by atoms with van der Waals surface area (Å²) >= 11 is 7.33. The van der Waals surface area contributed by atoms with Crippen LogP contribution in [0.3, 0.4) is 0 Å². The third-order valence-electron chi connectivity index (χ3n) is 2.51. The van der Waals surface area contributed by atoms with Crippen LogP contribution in [0.25, 0.3) is 0 Å². The van der Waals surface area contributed by atoms with Gasteiger partial charge in [0.1, 0.15) is 6.29 Å². The van der Waals surface area contributed by atoms with Gasteiger partial charge in [-0.1, -0.05) is 35.9 Å². The number of amides is 1. The summed E-state index contributed by atoms with van der Waals surface area (Å²) < 4.78 is 0. The van der Waals surface area contributed by atoms with Crippen LogP contribution < -0.4 is 5.32 Å². The number of hydrogen-bond acceptors (Lipinski definition) is 3. The minimum absolute atomic E-state index is 0.139. The number of benzene rings is 2. The molecule has 0 saturated heterocycles. The van der Waals surface area contributed by atoms with Gasteiger partial charge in [0.15, 0.2) is 0 Å². The van der Waals surface area contributed by atoms with E-state index in [4.69, 9.17) is 11.6 Å². The molecular formula is C15H12ClNO2S. The predicted octanol–water partition coefficient (Wildman–Crippen LogP) is 3.88. The second-order valence-electron chi connectivity index (χ2n) is 4.01. The van der Waals surface area contributed by atoms with Gasteiger partial charge in [0, 0.05) is 10.5 Å².